The first kappa shape index (κ1) is 45.4. The minimum Gasteiger partial charge on any atom is -0.465 e. The Bertz CT molecular complexity index is 724. The number of carbonyl (C=O) groups is 1. The number of hydrogen-bond donors (Lipinski definition) is 0. The van der Waals surface area contributed by atoms with E-state index in [1.807, 2.05) is 0 Å². The van der Waals surface area contributed by atoms with Crippen molar-refractivity contribution >= 4 is 5.97 Å². The van der Waals surface area contributed by atoms with E-state index in [2.05, 4.69) is 83.6 Å². The predicted octanol–water partition coefficient (Wildman–Crippen LogP) is 13.6. The maximum atomic E-state index is 13.0. The first-order valence-corrected chi connectivity index (χ1v) is 20.5. The summed E-state index contributed by atoms with van der Waals surface area (Å²) in [5.41, 5.74) is 0. The number of quaternary nitrogens is 1. The zero-order valence-corrected chi connectivity index (χ0v) is 32.5. The molecule has 0 fully saturated rings. The number of rotatable bonds is 35. The van der Waals surface area contributed by atoms with Gasteiger partial charge < -0.3 is 9.22 Å². The van der Waals surface area contributed by atoms with Crippen molar-refractivity contribution in [3.8, 4) is 0 Å². The number of ether oxygens (including phenoxy) is 1. The highest BCUT2D eigenvalue weighted by molar-refractivity contribution is 5.72. The minimum atomic E-state index is 0.0663. The fraction of sp³-hybridized carbons (Fsp3) is 0.795. The summed E-state index contributed by atoms with van der Waals surface area (Å²) in [5, 5.41) is 0. The van der Waals surface area contributed by atoms with Crippen LogP contribution in [-0.2, 0) is 9.53 Å². The molecule has 0 heterocycles. The Balaban J connectivity index is 4.10. The smallest absolute Gasteiger partial charge is 0.308 e. The second-order valence-electron chi connectivity index (χ2n) is 15.0. The van der Waals surface area contributed by atoms with E-state index < -0.39 is 0 Å². The topological polar surface area (TPSA) is 26.3 Å². The zero-order chi connectivity index (χ0) is 34.5. The summed E-state index contributed by atoms with van der Waals surface area (Å²) in [5.74, 6) is 0.160. The largest absolute Gasteiger partial charge is 0.465 e. The fourth-order valence-corrected chi connectivity index (χ4v) is 5.97. The molecule has 47 heavy (non-hydrogen) atoms. The van der Waals surface area contributed by atoms with Gasteiger partial charge in [0.25, 0.3) is 0 Å². The van der Waals surface area contributed by atoms with Gasteiger partial charge in [-0.1, -0.05) is 152 Å². The molecule has 0 spiro atoms. The maximum absolute atomic E-state index is 13.0. The summed E-state index contributed by atoms with van der Waals surface area (Å²) in [6.45, 7) is 6.13. The molecule has 0 saturated heterocycles. The van der Waals surface area contributed by atoms with E-state index >= 15 is 0 Å². The third kappa shape index (κ3) is 37.1. The van der Waals surface area contributed by atoms with Crippen LogP contribution in [0.4, 0.5) is 0 Å². The fourth-order valence-electron chi connectivity index (χ4n) is 5.97. The summed E-state index contributed by atoms with van der Waals surface area (Å²) in [4.78, 5) is 13.0. The predicted molar refractivity (Wildman–Crippen MR) is 210 cm³/mol. The Labute approximate surface area is 295 Å². The lowest BCUT2D eigenvalue weighted by Gasteiger charge is -2.24. The lowest BCUT2D eigenvalue weighted by atomic mass is 9.94. The van der Waals surface area contributed by atoms with Crippen LogP contribution in [0.2, 0.25) is 0 Å². The highest BCUT2D eigenvalue weighted by Gasteiger charge is 2.19. The van der Waals surface area contributed by atoms with Gasteiger partial charge in [-0.05, 0) is 77.0 Å². The van der Waals surface area contributed by atoms with Crippen LogP contribution in [0.5, 0.6) is 0 Å². The molecule has 0 rings (SSSR count). The van der Waals surface area contributed by atoms with E-state index in [4.69, 9.17) is 4.74 Å². The lowest BCUT2D eigenvalue weighted by Crippen LogP contribution is -2.36. The van der Waals surface area contributed by atoms with Crippen LogP contribution in [0.1, 0.15) is 187 Å². The molecule has 0 N–H and O–H groups in total. The minimum absolute atomic E-state index is 0.0663. The highest BCUT2D eigenvalue weighted by atomic mass is 16.5. The third-order valence-electron chi connectivity index (χ3n) is 9.06. The second kappa shape index (κ2) is 35.7. The van der Waals surface area contributed by atoms with Crippen molar-refractivity contribution in [3.05, 3.63) is 48.6 Å². The van der Waals surface area contributed by atoms with Gasteiger partial charge in [0.1, 0.15) is 0 Å². The Hall–Kier alpha value is -1.61. The number of nitrogens with zero attached hydrogens (tertiary/aromatic N) is 1. The summed E-state index contributed by atoms with van der Waals surface area (Å²) in [7, 11) is 6.59. The number of allylic oxidation sites excluding steroid dienone is 8. The normalized spacial score (nSPS) is 12.6. The van der Waals surface area contributed by atoms with Gasteiger partial charge in [0.2, 0.25) is 0 Å². The molecule has 0 unspecified atom stereocenters. The molecule has 0 aliphatic carbocycles. The molecule has 0 aromatic heterocycles. The van der Waals surface area contributed by atoms with E-state index in [1.54, 1.807) is 0 Å². The molecule has 0 bridgehead atoms. The third-order valence-corrected chi connectivity index (χ3v) is 9.06. The van der Waals surface area contributed by atoms with Crippen LogP contribution < -0.4 is 0 Å². The Morgan fingerprint density at radius 1 is 0.489 bits per heavy atom. The molecule has 3 heteroatoms. The van der Waals surface area contributed by atoms with Crippen LogP contribution in [0, 0.1) is 5.92 Å². The summed E-state index contributed by atoms with van der Waals surface area (Å²) >= 11 is 0. The van der Waals surface area contributed by atoms with Gasteiger partial charge in [0.15, 0.2) is 0 Å². The van der Waals surface area contributed by atoms with Gasteiger partial charge in [-0.3, -0.25) is 4.79 Å². The maximum Gasteiger partial charge on any atom is 0.308 e. The van der Waals surface area contributed by atoms with Gasteiger partial charge in [-0.2, -0.15) is 0 Å². The average Bonchev–Trinajstić information content (AvgIpc) is 3.04. The van der Waals surface area contributed by atoms with Gasteiger partial charge in [0.05, 0.1) is 40.2 Å². The zero-order valence-electron chi connectivity index (χ0n) is 32.5. The van der Waals surface area contributed by atoms with Crippen molar-refractivity contribution < 1.29 is 14.0 Å². The lowest BCUT2D eigenvalue weighted by molar-refractivity contribution is -0.870. The average molecular weight is 657 g/mol. The van der Waals surface area contributed by atoms with E-state index in [0.29, 0.717) is 6.61 Å². The standard InChI is InChI=1S/C44H82NO2/c1-6-8-10-12-14-16-18-20-22-24-26-28-30-32-34-36-39-43(44(46)47-42-38-41-45(3,4)5)40-37-35-33-31-29-27-25-23-21-19-17-15-13-11-9-7-2/h14-17,20-23,43H,6-13,18-19,24-42H2,1-5H3/q+1/b16-14-,17-15-,22-20-,23-21-. The molecule has 3 nitrogen and oxygen atoms in total. The molecule has 0 aliphatic heterocycles. The van der Waals surface area contributed by atoms with Crippen molar-refractivity contribution in [1.29, 1.82) is 0 Å². The number of carbonyl (C=O) groups excluding carboxylic acids is 1. The Morgan fingerprint density at radius 3 is 1.23 bits per heavy atom. The van der Waals surface area contributed by atoms with Crippen LogP contribution >= 0.6 is 0 Å². The van der Waals surface area contributed by atoms with Crippen LogP contribution in [0.3, 0.4) is 0 Å². The van der Waals surface area contributed by atoms with Crippen molar-refractivity contribution in [3.63, 3.8) is 0 Å². The van der Waals surface area contributed by atoms with Gasteiger partial charge in [-0.15, -0.1) is 0 Å². The van der Waals surface area contributed by atoms with E-state index in [-0.39, 0.29) is 11.9 Å². The second-order valence-corrected chi connectivity index (χ2v) is 15.0. The van der Waals surface area contributed by atoms with Gasteiger partial charge >= 0.3 is 5.97 Å². The molecular weight excluding hydrogens is 574 g/mol. The molecule has 0 aromatic rings. The van der Waals surface area contributed by atoms with Crippen molar-refractivity contribution in [2.75, 3.05) is 34.3 Å². The first-order chi connectivity index (χ1) is 22.9. The summed E-state index contributed by atoms with van der Waals surface area (Å²) in [6, 6.07) is 0. The van der Waals surface area contributed by atoms with E-state index in [0.717, 1.165) is 56.0 Å². The molecule has 0 saturated carbocycles. The highest BCUT2D eigenvalue weighted by Crippen LogP contribution is 2.21. The molecule has 0 radical (unpaired) electrons. The number of unbranched alkanes of at least 4 members (excludes halogenated alkanes) is 18. The number of hydrogen-bond acceptors (Lipinski definition) is 2. The van der Waals surface area contributed by atoms with Crippen LogP contribution in [0.15, 0.2) is 48.6 Å². The molecule has 0 aliphatic rings. The number of esters is 1. The monoisotopic (exact) mass is 657 g/mol. The SMILES string of the molecule is CCCCC/C=C\C/C=C\CCCCCCCCC(CCCCCCCC/C=C\C/C=C\CCCCC)C(=O)OCCC[N+](C)(C)C. The van der Waals surface area contributed by atoms with Crippen molar-refractivity contribution in [1.82, 2.24) is 0 Å². The van der Waals surface area contributed by atoms with E-state index in [9.17, 15) is 4.79 Å². The molecule has 274 valence electrons. The molecule has 0 atom stereocenters. The molecule has 0 amide bonds. The molecule has 0 aromatic carbocycles. The van der Waals surface area contributed by atoms with Gasteiger partial charge in [0, 0.05) is 6.42 Å². The van der Waals surface area contributed by atoms with Gasteiger partial charge in [-0.25, -0.2) is 0 Å². The van der Waals surface area contributed by atoms with Crippen molar-refractivity contribution in [2.24, 2.45) is 5.92 Å². The molecular formula is C44H82NO2+. The Morgan fingerprint density at radius 2 is 0.851 bits per heavy atom. The van der Waals surface area contributed by atoms with E-state index in [1.165, 1.54) is 128 Å². The quantitative estimate of drug-likeness (QED) is 0.0294. The van der Waals surface area contributed by atoms with Crippen LogP contribution in [0.25, 0.3) is 0 Å². The van der Waals surface area contributed by atoms with Crippen molar-refractivity contribution in [2.45, 2.75) is 187 Å². The van der Waals surface area contributed by atoms with Crippen LogP contribution in [-0.4, -0.2) is 44.7 Å². The summed E-state index contributed by atoms with van der Waals surface area (Å²) in [6.07, 6.45) is 51.9. The summed E-state index contributed by atoms with van der Waals surface area (Å²) < 4.78 is 6.71. The first-order valence-electron chi connectivity index (χ1n) is 20.5. The Kier molecular flexibility index (Phi) is 34.5.